The summed E-state index contributed by atoms with van der Waals surface area (Å²) in [7, 11) is 0. The minimum absolute atomic E-state index is 0.311. The smallest absolute Gasteiger partial charge is 0.0425 e. The maximum atomic E-state index is 6.97. The number of hydrogen-bond donors (Lipinski definition) is 1. The van der Waals surface area contributed by atoms with Crippen LogP contribution in [0.15, 0.2) is 0 Å². The predicted octanol–water partition coefficient (Wildman–Crippen LogP) is 0.616. The first-order valence-electron chi connectivity index (χ1n) is 4.06. The molecule has 0 aromatic heterocycles. The molecule has 0 saturated carbocycles. The van der Waals surface area contributed by atoms with Crippen molar-refractivity contribution in [2.24, 2.45) is 0 Å². The molecule has 0 aliphatic carbocycles. The third-order valence-electron chi connectivity index (χ3n) is 0.265. The molecular formula is C4H11N. The van der Waals surface area contributed by atoms with Gasteiger partial charge < -0.3 is 5.32 Å². The normalized spacial score (nSPS) is 28.6. The van der Waals surface area contributed by atoms with Crippen molar-refractivity contribution in [3.05, 3.63) is 0 Å². The lowest BCUT2D eigenvalue weighted by molar-refractivity contribution is 0.762. The molecule has 1 heteroatoms. The molecule has 0 radical (unpaired) electrons. The molecular weight excluding hydrogens is 62.1 g/mol. The summed E-state index contributed by atoms with van der Waals surface area (Å²) in [6.07, 6.45) is 0. The lowest BCUT2D eigenvalue weighted by Crippen LogP contribution is -2.09. The van der Waals surface area contributed by atoms with Crippen molar-refractivity contribution in [3.8, 4) is 0 Å². The molecule has 5 heavy (non-hydrogen) atoms. The van der Waals surface area contributed by atoms with Crippen LogP contribution in [-0.2, 0) is 0 Å². The minimum Gasteiger partial charge on any atom is -0.317 e. The second-order valence-corrected chi connectivity index (χ2v) is 0.655. The highest BCUT2D eigenvalue weighted by Gasteiger charge is 1.62. The zero-order chi connectivity index (χ0) is 8.41. The Morgan fingerprint density at radius 3 is 3.20 bits per heavy atom. The van der Waals surface area contributed by atoms with Crippen molar-refractivity contribution >= 4 is 0 Å². The molecule has 0 aromatic carbocycles. The van der Waals surface area contributed by atoms with Crippen molar-refractivity contribution < 1.29 is 6.85 Å². The van der Waals surface area contributed by atoms with E-state index in [2.05, 4.69) is 5.32 Å². The van der Waals surface area contributed by atoms with Gasteiger partial charge in [-0.05, 0) is 13.0 Å². The van der Waals surface area contributed by atoms with Gasteiger partial charge >= 0.3 is 0 Å². The Labute approximate surface area is 40.4 Å². The van der Waals surface area contributed by atoms with E-state index in [9.17, 15) is 0 Å². The van der Waals surface area contributed by atoms with Crippen LogP contribution in [0.5, 0.6) is 0 Å². The SMILES string of the molecule is [2H]C([2H])([2H])C([2H])([2H])NCC. The molecule has 0 spiro atoms. The van der Waals surface area contributed by atoms with Gasteiger partial charge in [-0.15, -0.1) is 0 Å². The maximum Gasteiger partial charge on any atom is 0.0425 e. The fourth-order valence-electron chi connectivity index (χ4n) is 0.0884. The summed E-state index contributed by atoms with van der Waals surface area (Å²) in [5.74, 6) is 0. The monoisotopic (exact) mass is 78.1 g/mol. The van der Waals surface area contributed by atoms with E-state index in [1.54, 1.807) is 6.92 Å². The van der Waals surface area contributed by atoms with Crippen LogP contribution in [0.2, 0.25) is 0 Å². The van der Waals surface area contributed by atoms with Crippen LogP contribution in [0.3, 0.4) is 0 Å². The molecule has 0 atom stereocenters. The molecule has 0 bridgehead atoms. The average Bonchev–Trinajstić information content (AvgIpc) is 1.61. The molecule has 0 amide bonds. The van der Waals surface area contributed by atoms with Crippen molar-refractivity contribution in [2.75, 3.05) is 13.0 Å². The molecule has 32 valence electrons. The van der Waals surface area contributed by atoms with Gasteiger partial charge in [-0.3, -0.25) is 0 Å². The van der Waals surface area contributed by atoms with Crippen molar-refractivity contribution in [1.82, 2.24) is 5.32 Å². The second kappa shape index (κ2) is 3.96. The molecule has 0 saturated heterocycles. The van der Waals surface area contributed by atoms with E-state index in [0.29, 0.717) is 6.54 Å². The molecule has 0 unspecified atom stereocenters. The highest BCUT2D eigenvalue weighted by atomic mass is 14.8. The minimum atomic E-state index is -2.58. The van der Waals surface area contributed by atoms with Crippen LogP contribution < -0.4 is 5.32 Å². The Morgan fingerprint density at radius 2 is 3.00 bits per heavy atom. The van der Waals surface area contributed by atoms with E-state index in [4.69, 9.17) is 6.85 Å². The van der Waals surface area contributed by atoms with Gasteiger partial charge in [0.05, 0.1) is 0 Å². The summed E-state index contributed by atoms with van der Waals surface area (Å²) in [6.45, 7) is -2.88. The van der Waals surface area contributed by atoms with Crippen LogP contribution in [0.4, 0.5) is 0 Å². The molecule has 0 rings (SSSR count). The Morgan fingerprint density at radius 1 is 2.20 bits per heavy atom. The first-order valence-corrected chi connectivity index (χ1v) is 1.56. The summed E-state index contributed by atoms with van der Waals surface area (Å²) in [5.41, 5.74) is 0. The van der Waals surface area contributed by atoms with Gasteiger partial charge in [0.2, 0.25) is 0 Å². The molecule has 0 aliphatic rings. The molecule has 0 heterocycles. The fraction of sp³-hybridized carbons (Fsp3) is 1.00. The average molecular weight is 78.2 g/mol. The molecule has 0 fully saturated rings. The number of rotatable bonds is 2. The Hall–Kier alpha value is -0.0400. The van der Waals surface area contributed by atoms with Gasteiger partial charge in [0.1, 0.15) is 0 Å². The van der Waals surface area contributed by atoms with E-state index in [-0.39, 0.29) is 0 Å². The summed E-state index contributed by atoms with van der Waals surface area (Å²) in [5, 5.41) is 2.23. The van der Waals surface area contributed by atoms with Gasteiger partial charge in [-0.1, -0.05) is 13.8 Å². The third-order valence-corrected chi connectivity index (χ3v) is 0.265. The van der Waals surface area contributed by atoms with Crippen LogP contribution in [0, 0.1) is 0 Å². The molecule has 0 aliphatic heterocycles. The summed E-state index contributed by atoms with van der Waals surface area (Å²) >= 11 is 0. The topological polar surface area (TPSA) is 12.0 Å². The van der Waals surface area contributed by atoms with E-state index in [1.807, 2.05) is 0 Å². The Kier molecular flexibility index (Phi) is 0.767. The van der Waals surface area contributed by atoms with Gasteiger partial charge in [-0.2, -0.15) is 0 Å². The van der Waals surface area contributed by atoms with Gasteiger partial charge in [-0.25, -0.2) is 0 Å². The van der Waals surface area contributed by atoms with Crippen molar-refractivity contribution in [3.63, 3.8) is 0 Å². The Bertz CT molecular complexity index is 107. The van der Waals surface area contributed by atoms with Gasteiger partial charge in [0, 0.05) is 6.85 Å². The zero-order valence-electron chi connectivity index (χ0n) is 8.21. The van der Waals surface area contributed by atoms with Gasteiger partial charge in [0.15, 0.2) is 0 Å². The summed E-state index contributed by atoms with van der Waals surface area (Å²) < 4.78 is 34.1. The quantitative estimate of drug-likeness (QED) is 0.510. The molecule has 1 nitrogen and oxygen atoms in total. The highest BCUT2D eigenvalue weighted by Crippen LogP contribution is 1.47. The van der Waals surface area contributed by atoms with Crippen LogP contribution in [0.1, 0.15) is 20.6 Å². The summed E-state index contributed by atoms with van der Waals surface area (Å²) in [4.78, 5) is 0. The lowest BCUT2D eigenvalue weighted by Gasteiger charge is -1.86. The maximum absolute atomic E-state index is 6.97. The van der Waals surface area contributed by atoms with E-state index in [0.717, 1.165) is 0 Å². The van der Waals surface area contributed by atoms with E-state index < -0.39 is 13.3 Å². The van der Waals surface area contributed by atoms with Crippen molar-refractivity contribution in [2.45, 2.75) is 13.8 Å². The molecule has 1 N–H and O–H groups in total. The first-order chi connectivity index (χ1) is 4.31. The predicted molar refractivity (Wildman–Crippen MR) is 24.2 cm³/mol. The van der Waals surface area contributed by atoms with Crippen LogP contribution in [0.25, 0.3) is 0 Å². The standard InChI is InChI=1S/C4H11N/c1-3-5-4-2/h5H,3-4H2,1-2H3/i1D3,3D2. The Balaban J connectivity index is 4.10. The van der Waals surface area contributed by atoms with Crippen LogP contribution in [-0.4, -0.2) is 13.0 Å². The first kappa shape index (κ1) is 0.969. The van der Waals surface area contributed by atoms with Crippen LogP contribution >= 0.6 is 0 Å². The summed E-state index contributed by atoms with van der Waals surface area (Å²) in [6, 6.07) is 0. The molecule has 0 aromatic rings. The van der Waals surface area contributed by atoms with E-state index in [1.165, 1.54) is 0 Å². The second-order valence-electron chi connectivity index (χ2n) is 0.655. The van der Waals surface area contributed by atoms with E-state index >= 15 is 0 Å². The largest absolute Gasteiger partial charge is 0.317 e. The fourth-order valence-corrected chi connectivity index (χ4v) is 0.0884. The highest BCUT2D eigenvalue weighted by molar-refractivity contribution is 4.27. The lowest BCUT2D eigenvalue weighted by atomic mass is 10.7. The number of hydrogen-bond acceptors (Lipinski definition) is 1. The van der Waals surface area contributed by atoms with Crippen molar-refractivity contribution in [1.29, 1.82) is 0 Å². The zero-order valence-corrected chi connectivity index (χ0v) is 3.21. The number of nitrogens with one attached hydrogen (secondary N) is 1. The third kappa shape index (κ3) is 3.96. The van der Waals surface area contributed by atoms with Gasteiger partial charge in [0.25, 0.3) is 0 Å².